The highest BCUT2D eigenvalue weighted by Crippen LogP contribution is 2.37. The summed E-state index contributed by atoms with van der Waals surface area (Å²) in [4.78, 5) is 14.5. The lowest BCUT2D eigenvalue weighted by Gasteiger charge is -2.30. The second kappa shape index (κ2) is 8.63. The molecule has 0 spiro atoms. The third kappa shape index (κ3) is 4.29. The molecule has 0 fully saturated rings. The normalized spacial score (nSPS) is 16.8. The van der Waals surface area contributed by atoms with E-state index in [1.807, 2.05) is 73.3 Å². The summed E-state index contributed by atoms with van der Waals surface area (Å²) in [7, 11) is 0. The molecular weight excluding hydrogens is 364 g/mol. The molecule has 28 heavy (non-hydrogen) atoms. The highest BCUT2D eigenvalue weighted by atomic mass is 32.2. The van der Waals surface area contributed by atoms with Crippen LogP contribution in [0.15, 0.2) is 83.8 Å². The minimum Gasteiger partial charge on any atom is -0.324 e. The topological polar surface area (TPSA) is 41.1 Å². The molecule has 1 amide bonds. The van der Waals surface area contributed by atoms with E-state index < -0.39 is 6.04 Å². The number of benzene rings is 3. The molecule has 0 radical (unpaired) electrons. The largest absolute Gasteiger partial charge is 0.324 e. The minimum atomic E-state index is -0.413. The molecule has 0 aliphatic carbocycles. The van der Waals surface area contributed by atoms with Gasteiger partial charge in [0.2, 0.25) is 5.91 Å². The smallest absolute Gasteiger partial charge is 0.246 e. The van der Waals surface area contributed by atoms with Crippen molar-refractivity contribution in [2.24, 2.45) is 0 Å². The van der Waals surface area contributed by atoms with Gasteiger partial charge >= 0.3 is 0 Å². The van der Waals surface area contributed by atoms with Gasteiger partial charge in [0, 0.05) is 16.6 Å². The number of carbonyl (C=O) groups excluding carboxylic acids is 1. The zero-order valence-electron chi connectivity index (χ0n) is 15.9. The molecule has 0 bridgehead atoms. The predicted molar refractivity (Wildman–Crippen MR) is 117 cm³/mol. The Morgan fingerprint density at radius 1 is 0.964 bits per heavy atom. The van der Waals surface area contributed by atoms with Crippen LogP contribution in [0.2, 0.25) is 0 Å². The van der Waals surface area contributed by atoms with Crippen LogP contribution in [-0.2, 0) is 4.79 Å². The maximum Gasteiger partial charge on any atom is 0.246 e. The molecule has 1 heterocycles. The quantitative estimate of drug-likeness (QED) is 0.606. The fourth-order valence-corrected chi connectivity index (χ4v) is 4.66. The van der Waals surface area contributed by atoms with Crippen LogP contribution in [0.25, 0.3) is 0 Å². The fourth-order valence-electron chi connectivity index (χ4n) is 3.54. The van der Waals surface area contributed by atoms with Crippen LogP contribution in [0.4, 0.5) is 5.69 Å². The Kier molecular flexibility index (Phi) is 5.79. The van der Waals surface area contributed by atoms with Crippen LogP contribution < -0.4 is 10.6 Å². The van der Waals surface area contributed by atoms with Crippen LogP contribution in [0.3, 0.4) is 0 Å². The van der Waals surface area contributed by atoms with Crippen molar-refractivity contribution in [2.45, 2.75) is 30.3 Å². The summed E-state index contributed by atoms with van der Waals surface area (Å²) in [6, 6.07) is 26.1. The van der Waals surface area contributed by atoms with E-state index >= 15 is 0 Å². The first kappa shape index (κ1) is 18.8. The number of hydrogen-bond acceptors (Lipinski definition) is 3. The van der Waals surface area contributed by atoms with E-state index in [0.717, 1.165) is 23.4 Å². The van der Waals surface area contributed by atoms with Crippen LogP contribution in [-0.4, -0.2) is 11.7 Å². The van der Waals surface area contributed by atoms with Crippen molar-refractivity contribution in [3.05, 3.63) is 95.6 Å². The predicted octanol–water partition coefficient (Wildman–Crippen LogP) is 5.50. The first-order chi connectivity index (χ1) is 13.7. The first-order valence-corrected chi connectivity index (χ1v) is 10.6. The SMILES string of the molecule is Cc1ccc(NC(=O)[C@@H](N[C@@H]2CCSc3ccccc32)c2ccccc2)cc1. The number of aryl methyl sites for hydroxylation is 1. The highest BCUT2D eigenvalue weighted by Gasteiger charge is 2.27. The fraction of sp³-hybridized carbons (Fsp3) is 0.208. The van der Waals surface area contributed by atoms with Gasteiger partial charge in [-0.3, -0.25) is 10.1 Å². The van der Waals surface area contributed by atoms with Crippen molar-refractivity contribution < 1.29 is 4.79 Å². The van der Waals surface area contributed by atoms with Gasteiger partial charge in [0.25, 0.3) is 0 Å². The van der Waals surface area contributed by atoms with Gasteiger partial charge in [-0.05, 0) is 48.4 Å². The number of rotatable bonds is 5. The van der Waals surface area contributed by atoms with Crippen molar-refractivity contribution in [1.29, 1.82) is 0 Å². The lowest BCUT2D eigenvalue weighted by Crippen LogP contribution is -2.36. The van der Waals surface area contributed by atoms with Crippen LogP contribution in [0.1, 0.15) is 35.2 Å². The number of hydrogen-bond donors (Lipinski definition) is 2. The van der Waals surface area contributed by atoms with E-state index in [1.165, 1.54) is 16.0 Å². The lowest BCUT2D eigenvalue weighted by atomic mass is 9.99. The number of fused-ring (bicyclic) bond motifs is 1. The number of anilines is 1. The van der Waals surface area contributed by atoms with Crippen molar-refractivity contribution in [3.63, 3.8) is 0 Å². The molecule has 0 unspecified atom stereocenters. The van der Waals surface area contributed by atoms with Gasteiger partial charge in [0.15, 0.2) is 0 Å². The Hall–Kier alpha value is -2.56. The Bertz CT molecular complexity index is 940. The Morgan fingerprint density at radius 3 is 2.46 bits per heavy atom. The van der Waals surface area contributed by atoms with Gasteiger partial charge < -0.3 is 5.32 Å². The molecule has 3 nitrogen and oxygen atoms in total. The number of amides is 1. The Morgan fingerprint density at radius 2 is 1.68 bits per heavy atom. The number of carbonyl (C=O) groups is 1. The van der Waals surface area contributed by atoms with Gasteiger partial charge in [0.05, 0.1) is 0 Å². The Balaban J connectivity index is 1.60. The zero-order valence-corrected chi connectivity index (χ0v) is 16.7. The maximum absolute atomic E-state index is 13.2. The average Bonchev–Trinajstić information content (AvgIpc) is 2.74. The summed E-state index contributed by atoms with van der Waals surface area (Å²) in [5.41, 5.74) is 4.25. The summed E-state index contributed by atoms with van der Waals surface area (Å²) in [5.74, 6) is 1.02. The average molecular weight is 389 g/mol. The van der Waals surface area contributed by atoms with E-state index in [-0.39, 0.29) is 11.9 Å². The lowest BCUT2D eigenvalue weighted by molar-refractivity contribution is -0.118. The van der Waals surface area contributed by atoms with Crippen molar-refractivity contribution in [1.82, 2.24) is 5.32 Å². The standard InChI is InChI=1S/C24H24N2OS/c1-17-11-13-19(14-12-17)25-24(27)23(18-7-3-2-4-8-18)26-21-15-16-28-22-10-6-5-9-20(21)22/h2-14,21,23,26H,15-16H2,1H3,(H,25,27)/t21-,23+/m1/s1. The second-order valence-corrected chi connectivity index (χ2v) is 8.23. The van der Waals surface area contributed by atoms with E-state index in [1.54, 1.807) is 0 Å². The summed E-state index contributed by atoms with van der Waals surface area (Å²) in [5, 5.41) is 6.71. The van der Waals surface area contributed by atoms with Crippen LogP contribution >= 0.6 is 11.8 Å². The molecule has 142 valence electrons. The molecule has 0 aromatic heterocycles. The van der Waals surface area contributed by atoms with Crippen LogP contribution in [0.5, 0.6) is 0 Å². The molecule has 1 aliphatic rings. The van der Waals surface area contributed by atoms with Crippen molar-refractivity contribution >= 4 is 23.4 Å². The molecule has 3 aromatic carbocycles. The van der Waals surface area contributed by atoms with Gasteiger partial charge in [-0.15, -0.1) is 11.8 Å². The number of nitrogens with one attached hydrogen (secondary N) is 2. The maximum atomic E-state index is 13.2. The second-order valence-electron chi connectivity index (χ2n) is 7.09. The van der Waals surface area contributed by atoms with Gasteiger partial charge in [0.1, 0.15) is 6.04 Å². The summed E-state index contributed by atoms with van der Waals surface area (Å²) in [6.45, 7) is 2.04. The highest BCUT2D eigenvalue weighted by molar-refractivity contribution is 7.99. The molecule has 4 rings (SSSR count). The number of thioether (sulfide) groups is 1. The summed E-state index contributed by atoms with van der Waals surface area (Å²) >= 11 is 1.89. The van der Waals surface area contributed by atoms with E-state index in [4.69, 9.17) is 0 Å². The van der Waals surface area contributed by atoms with Crippen LogP contribution in [0, 0.1) is 6.92 Å². The summed E-state index contributed by atoms with van der Waals surface area (Å²) in [6.07, 6.45) is 1.00. The van der Waals surface area contributed by atoms with Gasteiger partial charge in [-0.2, -0.15) is 0 Å². The first-order valence-electron chi connectivity index (χ1n) is 9.61. The molecule has 4 heteroatoms. The summed E-state index contributed by atoms with van der Waals surface area (Å²) < 4.78 is 0. The molecular formula is C24H24N2OS. The molecule has 0 saturated heterocycles. The van der Waals surface area contributed by atoms with Gasteiger partial charge in [-0.25, -0.2) is 0 Å². The Labute approximate surface area is 170 Å². The molecule has 0 saturated carbocycles. The zero-order chi connectivity index (χ0) is 19.3. The van der Waals surface area contributed by atoms with E-state index in [0.29, 0.717) is 0 Å². The van der Waals surface area contributed by atoms with Crippen molar-refractivity contribution in [3.8, 4) is 0 Å². The molecule has 3 aromatic rings. The molecule has 1 aliphatic heterocycles. The molecule has 2 atom stereocenters. The minimum absolute atomic E-state index is 0.0363. The molecule has 2 N–H and O–H groups in total. The third-order valence-corrected chi connectivity index (χ3v) is 6.16. The van der Waals surface area contributed by atoms with E-state index in [2.05, 4.69) is 34.9 Å². The van der Waals surface area contributed by atoms with E-state index in [9.17, 15) is 4.79 Å². The van der Waals surface area contributed by atoms with Gasteiger partial charge in [-0.1, -0.05) is 66.2 Å². The third-order valence-electron chi connectivity index (χ3n) is 5.04. The monoisotopic (exact) mass is 388 g/mol. The van der Waals surface area contributed by atoms with Crippen molar-refractivity contribution in [2.75, 3.05) is 11.1 Å².